The van der Waals surface area contributed by atoms with Crippen LogP contribution in [0.25, 0.3) is 0 Å². The van der Waals surface area contributed by atoms with Crippen molar-refractivity contribution < 1.29 is 9.47 Å². The summed E-state index contributed by atoms with van der Waals surface area (Å²) in [4.78, 5) is 6.71. The topological polar surface area (TPSA) is 60.1 Å². The maximum absolute atomic E-state index is 6.13. The van der Waals surface area contributed by atoms with Crippen LogP contribution in [0.5, 0.6) is 11.5 Å². The zero-order chi connectivity index (χ0) is 16.7. The number of rotatable bonds is 6. The number of benzene rings is 1. The van der Waals surface area contributed by atoms with Gasteiger partial charge in [0.05, 0.1) is 20.3 Å². The van der Waals surface area contributed by atoms with E-state index in [4.69, 9.17) is 15.2 Å². The molecule has 1 aromatic carbocycles. The Morgan fingerprint density at radius 2 is 2.04 bits per heavy atom. The van der Waals surface area contributed by atoms with Crippen LogP contribution in [0.3, 0.4) is 0 Å². The number of nitrogens with two attached hydrogens (primary N) is 1. The average Bonchev–Trinajstić information content (AvgIpc) is 2.58. The monoisotopic (exact) mass is 319 g/mol. The Morgan fingerprint density at radius 3 is 2.70 bits per heavy atom. The molecule has 0 saturated carbocycles. The van der Waals surface area contributed by atoms with E-state index in [1.165, 1.54) is 12.8 Å². The Balaban J connectivity index is 1.97. The van der Waals surface area contributed by atoms with E-state index in [-0.39, 0.29) is 0 Å². The molecule has 0 aliphatic carbocycles. The predicted octanol–water partition coefficient (Wildman–Crippen LogP) is 3.03. The van der Waals surface area contributed by atoms with Gasteiger partial charge in [0.1, 0.15) is 0 Å². The quantitative estimate of drug-likeness (QED) is 0.647. The minimum Gasteiger partial charge on any atom is -0.493 e. The highest BCUT2D eigenvalue weighted by Crippen LogP contribution is 2.28. The van der Waals surface area contributed by atoms with Crippen LogP contribution in [0.1, 0.15) is 38.7 Å². The molecule has 128 valence electrons. The van der Waals surface area contributed by atoms with Crippen LogP contribution in [0.2, 0.25) is 0 Å². The summed E-state index contributed by atoms with van der Waals surface area (Å²) >= 11 is 0. The van der Waals surface area contributed by atoms with Crippen molar-refractivity contribution in [2.24, 2.45) is 16.6 Å². The van der Waals surface area contributed by atoms with Crippen molar-refractivity contribution in [3.63, 3.8) is 0 Å². The summed E-state index contributed by atoms with van der Waals surface area (Å²) in [6.45, 7) is 7.63. The standard InChI is InChI=1S/C18H29N3O2/c1-4-11-23-16-6-5-15(12-17(16)22-3)13-20-18(19)21-9-7-14(2)8-10-21/h5-6,12,14H,4,7-11,13H2,1-3H3,(H2,19,20). The Morgan fingerprint density at radius 1 is 1.30 bits per heavy atom. The molecule has 0 amide bonds. The predicted molar refractivity (Wildman–Crippen MR) is 94.1 cm³/mol. The van der Waals surface area contributed by atoms with Crippen LogP contribution < -0.4 is 15.2 Å². The van der Waals surface area contributed by atoms with Crippen molar-refractivity contribution >= 4 is 5.96 Å². The summed E-state index contributed by atoms with van der Waals surface area (Å²) < 4.78 is 11.1. The van der Waals surface area contributed by atoms with Gasteiger partial charge in [-0.3, -0.25) is 0 Å². The maximum Gasteiger partial charge on any atom is 0.191 e. The molecule has 0 aromatic heterocycles. The van der Waals surface area contributed by atoms with Crippen molar-refractivity contribution in [3.8, 4) is 11.5 Å². The molecule has 1 aromatic rings. The number of piperidine rings is 1. The zero-order valence-electron chi connectivity index (χ0n) is 14.5. The first-order valence-electron chi connectivity index (χ1n) is 8.48. The fourth-order valence-electron chi connectivity index (χ4n) is 2.65. The molecule has 23 heavy (non-hydrogen) atoms. The normalized spacial score (nSPS) is 16.5. The second-order valence-electron chi connectivity index (χ2n) is 6.18. The summed E-state index contributed by atoms with van der Waals surface area (Å²) in [7, 11) is 1.66. The first kappa shape index (κ1) is 17.4. The van der Waals surface area contributed by atoms with E-state index in [2.05, 4.69) is 23.7 Å². The lowest BCUT2D eigenvalue weighted by Gasteiger charge is -2.31. The van der Waals surface area contributed by atoms with E-state index in [0.29, 0.717) is 19.1 Å². The molecule has 1 saturated heterocycles. The number of likely N-dealkylation sites (tertiary alicyclic amines) is 1. The van der Waals surface area contributed by atoms with Gasteiger partial charge in [-0.1, -0.05) is 19.9 Å². The third kappa shape index (κ3) is 5.05. The number of methoxy groups -OCH3 is 1. The second kappa shape index (κ2) is 8.65. The molecule has 1 fully saturated rings. The Hall–Kier alpha value is -1.91. The number of aliphatic imine (C=N–C) groups is 1. The largest absolute Gasteiger partial charge is 0.493 e. The molecule has 0 bridgehead atoms. The molecular weight excluding hydrogens is 290 g/mol. The molecule has 2 rings (SSSR count). The van der Waals surface area contributed by atoms with E-state index < -0.39 is 0 Å². The minimum atomic E-state index is 0.558. The van der Waals surface area contributed by atoms with Gasteiger partial charge in [-0.05, 0) is 42.9 Å². The summed E-state index contributed by atoms with van der Waals surface area (Å²) in [5.74, 6) is 2.96. The fraction of sp³-hybridized carbons (Fsp3) is 0.611. The lowest BCUT2D eigenvalue weighted by atomic mass is 10.00. The highest BCUT2D eigenvalue weighted by atomic mass is 16.5. The highest BCUT2D eigenvalue weighted by Gasteiger charge is 2.16. The number of hydrogen-bond acceptors (Lipinski definition) is 3. The number of nitrogens with zero attached hydrogens (tertiary/aromatic N) is 2. The van der Waals surface area contributed by atoms with Crippen molar-refractivity contribution in [1.29, 1.82) is 0 Å². The molecule has 1 heterocycles. The lowest BCUT2D eigenvalue weighted by Crippen LogP contribution is -2.42. The molecule has 5 heteroatoms. The second-order valence-corrected chi connectivity index (χ2v) is 6.18. The first-order valence-corrected chi connectivity index (χ1v) is 8.48. The van der Waals surface area contributed by atoms with E-state index in [1.807, 2.05) is 18.2 Å². The van der Waals surface area contributed by atoms with Crippen LogP contribution in [0.15, 0.2) is 23.2 Å². The van der Waals surface area contributed by atoms with Gasteiger partial charge < -0.3 is 20.1 Å². The van der Waals surface area contributed by atoms with Gasteiger partial charge in [-0.15, -0.1) is 0 Å². The van der Waals surface area contributed by atoms with E-state index >= 15 is 0 Å². The molecule has 1 aliphatic rings. The summed E-state index contributed by atoms with van der Waals surface area (Å²) in [5, 5.41) is 0. The van der Waals surface area contributed by atoms with Gasteiger partial charge in [-0.2, -0.15) is 0 Å². The molecule has 1 aliphatic heterocycles. The van der Waals surface area contributed by atoms with Gasteiger partial charge in [0.15, 0.2) is 17.5 Å². The lowest BCUT2D eigenvalue weighted by molar-refractivity contribution is 0.277. The Bertz CT molecular complexity index is 523. The zero-order valence-corrected chi connectivity index (χ0v) is 14.5. The number of guanidine groups is 1. The molecule has 5 nitrogen and oxygen atoms in total. The fourth-order valence-corrected chi connectivity index (χ4v) is 2.65. The smallest absolute Gasteiger partial charge is 0.191 e. The molecule has 0 atom stereocenters. The van der Waals surface area contributed by atoms with E-state index in [9.17, 15) is 0 Å². The van der Waals surface area contributed by atoms with Crippen LogP contribution in [-0.2, 0) is 6.54 Å². The van der Waals surface area contributed by atoms with Crippen molar-refractivity contribution in [2.75, 3.05) is 26.8 Å². The van der Waals surface area contributed by atoms with Gasteiger partial charge >= 0.3 is 0 Å². The van der Waals surface area contributed by atoms with E-state index in [0.717, 1.165) is 42.5 Å². The van der Waals surface area contributed by atoms with Crippen LogP contribution in [0.4, 0.5) is 0 Å². The molecule has 0 unspecified atom stereocenters. The number of ether oxygens (including phenoxy) is 2. The molecule has 2 N–H and O–H groups in total. The summed E-state index contributed by atoms with van der Waals surface area (Å²) in [6.07, 6.45) is 3.35. The van der Waals surface area contributed by atoms with Gasteiger partial charge in [-0.25, -0.2) is 4.99 Å². The van der Waals surface area contributed by atoms with Crippen molar-refractivity contribution in [3.05, 3.63) is 23.8 Å². The Labute approximate surface area is 139 Å². The average molecular weight is 319 g/mol. The third-order valence-corrected chi connectivity index (χ3v) is 4.22. The van der Waals surface area contributed by atoms with Crippen LogP contribution >= 0.6 is 0 Å². The Kier molecular flexibility index (Phi) is 6.56. The minimum absolute atomic E-state index is 0.558. The summed E-state index contributed by atoms with van der Waals surface area (Å²) in [5.41, 5.74) is 7.20. The first-order chi connectivity index (χ1) is 11.1. The van der Waals surface area contributed by atoms with Crippen molar-refractivity contribution in [1.82, 2.24) is 4.90 Å². The van der Waals surface area contributed by atoms with Crippen LogP contribution in [0, 0.1) is 5.92 Å². The highest BCUT2D eigenvalue weighted by molar-refractivity contribution is 5.78. The SMILES string of the molecule is CCCOc1ccc(CN=C(N)N2CCC(C)CC2)cc1OC. The third-order valence-electron chi connectivity index (χ3n) is 4.22. The molecule has 0 spiro atoms. The van der Waals surface area contributed by atoms with Crippen molar-refractivity contribution in [2.45, 2.75) is 39.7 Å². The molecular formula is C18H29N3O2. The van der Waals surface area contributed by atoms with Gasteiger partial charge in [0, 0.05) is 13.1 Å². The van der Waals surface area contributed by atoms with Gasteiger partial charge in [0.25, 0.3) is 0 Å². The molecule has 0 radical (unpaired) electrons. The maximum atomic E-state index is 6.13. The summed E-state index contributed by atoms with van der Waals surface area (Å²) in [6, 6.07) is 5.93. The van der Waals surface area contributed by atoms with E-state index in [1.54, 1.807) is 7.11 Å². The van der Waals surface area contributed by atoms with Crippen LogP contribution in [-0.4, -0.2) is 37.7 Å². The van der Waals surface area contributed by atoms with Gasteiger partial charge in [0.2, 0.25) is 0 Å². The number of hydrogen-bond donors (Lipinski definition) is 1.